The largest absolute Gasteiger partial charge is 0.244 e. The standard InChI is InChI=1S/C10H5BrClFN2/c11-10-8(4-14-5-15-10)7-2-1-6(13)3-9(7)12/h1-5H. The third-order valence-electron chi connectivity index (χ3n) is 1.88. The van der Waals surface area contributed by atoms with E-state index in [1.165, 1.54) is 18.5 Å². The summed E-state index contributed by atoms with van der Waals surface area (Å²) in [6, 6.07) is 4.21. The molecule has 2 aromatic rings. The minimum Gasteiger partial charge on any atom is -0.244 e. The maximum absolute atomic E-state index is 12.8. The lowest BCUT2D eigenvalue weighted by Gasteiger charge is -2.05. The maximum atomic E-state index is 12.8. The molecule has 15 heavy (non-hydrogen) atoms. The molecule has 1 heterocycles. The minimum atomic E-state index is -0.364. The zero-order chi connectivity index (χ0) is 10.8. The summed E-state index contributed by atoms with van der Waals surface area (Å²) in [5.74, 6) is -0.364. The van der Waals surface area contributed by atoms with Crippen LogP contribution in [0.2, 0.25) is 5.02 Å². The topological polar surface area (TPSA) is 25.8 Å². The van der Waals surface area contributed by atoms with Crippen molar-refractivity contribution in [1.82, 2.24) is 9.97 Å². The third kappa shape index (κ3) is 2.16. The first kappa shape index (κ1) is 10.5. The van der Waals surface area contributed by atoms with Crippen molar-refractivity contribution in [2.75, 3.05) is 0 Å². The van der Waals surface area contributed by atoms with Crippen LogP contribution in [0.4, 0.5) is 4.39 Å². The Balaban J connectivity index is 2.60. The summed E-state index contributed by atoms with van der Waals surface area (Å²) in [5, 5.41) is 0.338. The molecule has 0 aliphatic heterocycles. The molecule has 0 atom stereocenters. The number of hydrogen-bond acceptors (Lipinski definition) is 2. The number of hydrogen-bond donors (Lipinski definition) is 0. The summed E-state index contributed by atoms with van der Waals surface area (Å²) >= 11 is 9.20. The number of aromatic nitrogens is 2. The van der Waals surface area contributed by atoms with Gasteiger partial charge in [0.05, 0.1) is 5.02 Å². The summed E-state index contributed by atoms with van der Waals surface area (Å²) in [6.45, 7) is 0. The highest BCUT2D eigenvalue weighted by Crippen LogP contribution is 2.31. The molecular weight excluding hydrogens is 282 g/mol. The van der Waals surface area contributed by atoms with Gasteiger partial charge in [0.1, 0.15) is 16.7 Å². The van der Waals surface area contributed by atoms with E-state index in [9.17, 15) is 4.39 Å². The maximum Gasteiger partial charge on any atom is 0.124 e. The van der Waals surface area contributed by atoms with Gasteiger partial charge in [0.25, 0.3) is 0 Å². The molecular formula is C10H5BrClFN2. The molecule has 2 nitrogen and oxygen atoms in total. The van der Waals surface area contributed by atoms with Crippen molar-refractivity contribution in [2.45, 2.75) is 0 Å². The second-order valence-corrected chi connectivity index (χ2v) is 4.01. The molecule has 0 saturated heterocycles. The summed E-state index contributed by atoms with van der Waals surface area (Å²) in [6.07, 6.45) is 3.04. The molecule has 0 spiro atoms. The Bertz CT molecular complexity index is 505. The second-order valence-electron chi connectivity index (χ2n) is 2.85. The quantitative estimate of drug-likeness (QED) is 0.747. The Morgan fingerprint density at radius 1 is 1.27 bits per heavy atom. The number of nitrogens with zero attached hydrogens (tertiary/aromatic N) is 2. The SMILES string of the molecule is Fc1ccc(-c2cncnc2Br)c(Cl)c1. The Hall–Kier alpha value is -1.00. The molecule has 0 radical (unpaired) electrons. The first-order valence-corrected chi connectivity index (χ1v) is 5.26. The molecule has 0 aliphatic carbocycles. The molecule has 0 N–H and O–H groups in total. The number of rotatable bonds is 1. The molecule has 0 amide bonds. The third-order valence-corrected chi connectivity index (χ3v) is 2.83. The molecule has 1 aromatic heterocycles. The van der Waals surface area contributed by atoms with Crippen LogP contribution in [0.5, 0.6) is 0 Å². The highest BCUT2D eigenvalue weighted by molar-refractivity contribution is 9.10. The first-order chi connectivity index (χ1) is 7.18. The highest BCUT2D eigenvalue weighted by atomic mass is 79.9. The van der Waals surface area contributed by atoms with Crippen molar-refractivity contribution < 1.29 is 4.39 Å². The summed E-state index contributed by atoms with van der Waals surface area (Å²) in [4.78, 5) is 7.86. The number of benzene rings is 1. The van der Waals surface area contributed by atoms with Crippen LogP contribution in [0.1, 0.15) is 0 Å². The average molecular weight is 288 g/mol. The van der Waals surface area contributed by atoms with Gasteiger partial charge in [0.15, 0.2) is 0 Å². The fourth-order valence-electron chi connectivity index (χ4n) is 1.20. The van der Waals surface area contributed by atoms with E-state index in [0.29, 0.717) is 15.2 Å². The summed E-state index contributed by atoms with van der Waals surface area (Å²) < 4.78 is 13.5. The lowest BCUT2D eigenvalue weighted by Crippen LogP contribution is -1.87. The van der Waals surface area contributed by atoms with E-state index in [2.05, 4.69) is 25.9 Å². The predicted molar refractivity (Wildman–Crippen MR) is 60.1 cm³/mol. The predicted octanol–water partition coefficient (Wildman–Crippen LogP) is 3.70. The van der Waals surface area contributed by atoms with Crippen molar-refractivity contribution in [3.8, 4) is 11.1 Å². The van der Waals surface area contributed by atoms with Crippen molar-refractivity contribution in [3.05, 3.63) is 46.2 Å². The van der Waals surface area contributed by atoms with E-state index in [-0.39, 0.29) is 5.82 Å². The fourth-order valence-corrected chi connectivity index (χ4v) is 1.88. The van der Waals surface area contributed by atoms with Gasteiger partial charge in [-0.25, -0.2) is 14.4 Å². The Morgan fingerprint density at radius 3 is 2.73 bits per heavy atom. The fraction of sp³-hybridized carbons (Fsp3) is 0. The van der Waals surface area contributed by atoms with Gasteiger partial charge in [-0.1, -0.05) is 11.6 Å². The molecule has 2 rings (SSSR count). The van der Waals surface area contributed by atoms with Crippen LogP contribution >= 0.6 is 27.5 Å². The van der Waals surface area contributed by atoms with E-state index < -0.39 is 0 Å². The van der Waals surface area contributed by atoms with E-state index in [4.69, 9.17) is 11.6 Å². The van der Waals surface area contributed by atoms with Crippen molar-refractivity contribution >= 4 is 27.5 Å². The molecule has 0 unspecified atom stereocenters. The zero-order valence-electron chi connectivity index (χ0n) is 7.42. The molecule has 0 fully saturated rings. The van der Waals surface area contributed by atoms with Gasteiger partial charge in [0, 0.05) is 17.3 Å². The van der Waals surface area contributed by atoms with Gasteiger partial charge in [-0.2, -0.15) is 0 Å². The van der Waals surface area contributed by atoms with Gasteiger partial charge >= 0.3 is 0 Å². The van der Waals surface area contributed by atoms with Gasteiger partial charge in [-0.3, -0.25) is 0 Å². The van der Waals surface area contributed by atoms with Crippen molar-refractivity contribution in [2.24, 2.45) is 0 Å². The lowest BCUT2D eigenvalue weighted by atomic mass is 10.1. The summed E-state index contributed by atoms with van der Waals surface area (Å²) in [7, 11) is 0. The van der Waals surface area contributed by atoms with E-state index in [1.807, 2.05) is 0 Å². The summed E-state index contributed by atoms with van der Waals surface area (Å²) in [5.41, 5.74) is 1.44. The van der Waals surface area contributed by atoms with E-state index >= 15 is 0 Å². The van der Waals surface area contributed by atoms with Gasteiger partial charge in [-0.15, -0.1) is 0 Å². The Kier molecular flexibility index (Phi) is 2.98. The van der Waals surface area contributed by atoms with Crippen molar-refractivity contribution in [3.63, 3.8) is 0 Å². The van der Waals surface area contributed by atoms with Crippen LogP contribution in [0.25, 0.3) is 11.1 Å². The van der Waals surface area contributed by atoms with Crippen LogP contribution < -0.4 is 0 Å². The lowest BCUT2D eigenvalue weighted by molar-refractivity contribution is 0.628. The molecule has 0 aliphatic rings. The Morgan fingerprint density at radius 2 is 2.07 bits per heavy atom. The second kappa shape index (κ2) is 4.24. The van der Waals surface area contributed by atoms with E-state index in [1.54, 1.807) is 12.3 Å². The monoisotopic (exact) mass is 286 g/mol. The van der Waals surface area contributed by atoms with Crippen LogP contribution in [0.15, 0.2) is 35.3 Å². The molecule has 5 heteroatoms. The molecule has 1 aromatic carbocycles. The first-order valence-electron chi connectivity index (χ1n) is 4.09. The highest BCUT2D eigenvalue weighted by Gasteiger charge is 2.08. The van der Waals surface area contributed by atoms with Crippen LogP contribution in [-0.2, 0) is 0 Å². The zero-order valence-corrected chi connectivity index (χ0v) is 9.76. The van der Waals surface area contributed by atoms with Crippen LogP contribution in [-0.4, -0.2) is 9.97 Å². The Labute approximate surface area is 99.3 Å². The van der Waals surface area contributed by atoms with Crippen LogP contribution in [0.3, 0.4) is 0 Å². The smallest absolute Gasteiger partial charge is 0.124 e. The van der Waals surface area contributed by atoms with E-state index in [0.717, 1.165) is 5.56 Å². The average Bonchev–Trinajstić information content (AvgIpc) is 2.20. The van der Waals surface area contributed by atoms with Gasteiger partial charge in [-0.05, 0) is 34.1 Å². The van der Waals surface area contributed by atoms with Crippen LogP contribution in [0, 0.1) is 5.82 Å². The molecule has 76 valence electrons. The van der Waals surface area contributed by atoms with Gasteiger partial charge in [0.2, 0.25) is 0 Å². The minimum absolute atomic E-state index is 0.338. The van der Waals surface area contributed by atoms with Gasteiger partial charge < -0.3 is 0 Å². The molecule has 0 bridgehead atoms. The number of halogens is 3. The van der Waals surface area contributed by atoms with Crippen molar-refractivity contribution in [1.29, 1.82) is 0 Å². The normalized spacial score (nSPS) is 10.3. The molecule has 0 saturated carbocycles.